The standard InChI is InChI=1S/C46H78N2O34/c1-10-21(56)26(61)29(64)43(70-10)79-36-20(48-13(4)55)42(76-17(8-52)34(36)77-45-31(66)28(63)23(58)14(5-49)73-45)82-39-25(60)16(7-51)74-46(33(39)68)78-35-18(9-53)75-41(81-38-24(59)15(6-50)72-40(69)32(38)67)19(47-12(3)54)37(35)80-44-30(65)27(62)22(57)11(2)71-44/h10-11,14-46,49-53,56-69H,5-9H2,1-4H3,(H,47,54)(H,48,55)/t10-,11-,14+,15+,16+,17+,18+,19+,20+,21+,22+,23-,24-,25-,26+,27+,28-,29-,30-,31+,32+,33+,34+,35+,36+,37+,38-,39-,40?,41-,42-,43-,44-,45-,46-/m0/s1. The van der Waals surface area contributed by atoms with E-state index in [1.54, 1.807) is 0 Å². The maximum absolute atomic E-state index is 13.1. The Morgan fingerprint density at radius 2 is 0.610 bits per heavy atom. The second kappa shape index (κ2) is 28.7. The molecule has 7 heterocycles. The summed E-state index contributed by atoms with van der Waals surface area (Å²) in [4.78, 5) is 26.2. The summed E-state index contributed by atoms with van der Waals surface area (Å²) in [5.41, 5.74) is 0. The van der Waals surface area contributed by atoms with Crippen molar-refractivity contribution >= 4 is 11.8 Å². The second-order valence-corrected chi connectivity index (χ2v) is 21.0. The van der Waals surface area contributed by atoms with Crippen LogP contribution in [-0.4, -0.2) is 357 Å². The summed E-state index contributed by atoms with van der Waals surface area (Å²) in [6.45, 7) is -0.654. The zero-order valence-corrected chi connectivity index (χ0v) is 44.4. The third kappa shape index (κ3) is 14.1. The van der Waals surface area contributed by atoms with Gasteiger partial charge in [-0.2, -0.15) is 0 Å². The van der Waals surface area contributed by atoms with Crippen molar-refractivity contribution in [1.82, 2.24) is 10.6 Å². The molecule has 7 aliphatic heterocycles. The Morgan fingerprint density at radius 3 is 0.988 bits per heavy atom. The summed E-state index contributed by atoms with van der Waals surface area (Å²) in [6, 6.07) is -3.71. The Kier molecular flexibility index (Phi) is 23.5. The normalized spacial score (nSPS) is 51.3. The molecule has 0 spiro atoms. The maximum atomic E-state index is 13.1. The number of nitrogens with one attached hydrogen (secondary N) is 2. The van der Waals surface area contributed by atoms with Crippen LogP contribution < -0.4 is 10.6 Å². The first-order valence-electron chi connectivity index (χ1n) is 26.3. The lowest BCUT2D eigenvalue weighted by Crippen LogP contribution is -2.72. The maximum Gasteiger partial charge on any atom is 0.217 e. The molecule has 0 aromatic rings. The van der Waals surface area contributed by atoms with Crippen LogP contribution in [0.2, 0.25) is 0 Å². The molecule has 0 aliphatic carbocycles. The van der Waals surface area contributed by atoms with Gasteiger partial charge in [0.25, 0.3) is 0 Å². The van der Waals surface area contributed by atoms with Gasteiger partial charge in [-0.25, -0.2) is 0 Å². The lowest BCUT2D eigenvalue weighted by molar-refractivity contribution is -0.397. The second-order valence-electron chi connectivity index (χ2n) is 21.0. The summed E-state index contributed by atoms with van der Waals surface area (Å²) in [6.07, 6.45) is -63.4. The minimum Gasteiger partial charge on any atom is -0.394 e. The highest BCUT2D eigenvalue weighted by Gasteiger charge is 2.60. The van der Waals surface area contributed by atoms with Gasteiger partial charge in [-0.1, -0.05) is 0 Å². The zero-order chi connectivity index (χ0) is 60.5. The van der Waals surface area contributed by atoms with Crippen molar-refractivity contribution in [2.24, 2.45) is 0 Å². The van der Waals surface area contributed by atoms with Gasteiger partial charge in [0.2, 0.25) is 11.8 Å². The molecule has 7 saturated heterocycles. The van der Waals surface area contributed by atoms with Gasteiger partial charge in [-0.3, -0.25) is 9.59 Å². The van der Waals surface area contributed by atoms with Gasteiger partial charge >= 0.3 is 0 Å². The summed E-state index contributed by atoms with van der Waals surface area (Å²) >= 11 is 0. The Balaban J connectivity index is 1.25. The van der Waals surface area contributed by atoms with Crippen LogP contribution in [0.4, 0.5) is 0 Å². The number of aliphatic hydroxyl groups is 19. The zero-order valence-electron chi connectivity index (χ0n) is 44.4. The van der Waals surface area contributed by atoms with E-state index in [1.165, 1.54) is 13.8 Å². The number of rotatable bonds is 19. The first-order valence-corrected chi connectivity index (χ1v) is 26.3. The molecule has 0 aromatic heterocycles. The monoisotopic (exact) mass is 1200 g/mol. The molecule has 0 radical (unpaired) electrons. The Hall–Kier alpha value is -2.34. The van der Waals surface area contributed by atoms with Crippen molar-refractivity contribution in [2.75, 3.05) is 33.0 Å². The van der Waals surface area contributed by atoms with Crippen LogP contribution in [0.25, 0.3) is 0 Å². The van der Waals surface area contributed by atoms with Crippen molar-refractivity contribution in [3.63, 3.8) is 0 Å². The van der Waals surface area contributed by atoms with Crippen LogP contribution in [0.15, 0.2) is 0 Å². The highest BCUT2D eigenvalue weighted by molar-refractivity contribution is 5.73. The molecule has 1 unspecified atom stereocenters. The van der Waals surface area contributed by atoms with Crippen LogP contribution in [0.3, 0.4) is 0 Å². The fourth-order valence-electron chi connectivity index (χ4n) is 10.7. The molecule has 36 nitrogen and oxygen atoms in total. The van der Waals surface area contributed by atoms with Gasteiger partial charge in [-0.05, 0) is 13.8 Å². The molecule has 21 N–H and O–H groups in total. The molecule has 7 fully saturated rings. The number of amides is 2. The fraction of sp³-hybridized carbons (Fsp3) is 0.957. The van der Waals surface area contributed by atoms with Gasteiger partial charge in [-0.15, -0.1) is 0 Å². The minimum absolute atomic E-state index is 0.892. The smallest absolute Gasteiger partial charge is 0.217 e. The number of aliphatic hydroxyl groups excluding tert-OH is 19. The van der Waals surface area contributed by atoms with Crippen molar-refractivity contribution in [3.8, 4) is 0 Å². The van der Waals surface area contributed by atoms with Crippen molar-refractivity contribution < 1.29 is 168 Å². The van der Waals surface area contributed by atoms with Crippen LogP contribution in [-0.2, 0) is 71.2 Å². The van der Waals surface area contributed by atoms with E-state index in [1.807, 2.05) is 0 Å². The van der Waals surface area contributed by atoms with E-state index in [0.29, 0.717) is 0 Å². The Morgan fingerprint density at radius 1 is 0.317 bits per heavy atom. The fourth-order valence-corrected chi connectivity index (χ4v) is 10.7. The molecule has 0 bridgehead atoms. The summed E-state index contributed by atoms with van der Waals surface area (Å²) in [7, 11) is 0. The third-order valence-electron chi connectivity index (χ3n) is 15.3. The minimum atomic E-state index is -2.36. The van der Waals surface area contributed by atoms with Gasteiger partial charge in [0, 0.05) is 13.8 Å². The SMILES string of the molecule is CC(=O)N[C@H]1[C@H](O[C@H]2[C@@H](O)[C@@H](CO)O[C@@H](O[C@H]3[C@H](O[C@@H]4O[C@@H](C)[C@@H](O)[C@@H](O)[C@@H]4O)[C@@H](NC(C)=O)[C@H](O[C@H]4[C@@H](O)[C@@H](CO)OC(O)[C@@H]4O)O[C@@H]3CO)[C@@H]2O)O[C@H](CO)[C@@H](O[C@@H]2O[C@H](CO)[C@H](O)[C@H](O)[C@H]2O)[C@@H]1O[C@@H]1O[C@@H](C)[C@@H](O)[C@@H](O)[C@@H]1O. The first-order chi connectivity index (χ1) is 38.7. The lowest BCUT2D eigenvalue weighted by Gasteiger charge is -2.52. The van der Waals surface area contributed by atoms with E-state index in [4.69, 9.17) is 61.6 Å². The van der Waals surface area contributed by atoms with Gasteiger partial charge in [0.1, 0.15) is 159 Å². The molecule has 0 saturated carbocycles. The van der Waals surface area contributed by atoms with Crippen molar-refractivity contribution in [1.29, 1.82) is 0 Å². The van der Waals surface area contributed by atoms with Crippen molar-refractivity contribution in [2.45, 2.75) is 243 Å². The van der Waals surface area contributed by atoms with E-state index < -0.39 is 260 Å². The number of carbonyl (C=O) groups excluding carboxylic acids is 2. The topological polar surface area (TPSA) is 563 Å². The Bertz CT molecular complexity index is 2030. The molecular weight excluding hydrogens is 1120 g/mol. The molecule has 36 heteroatoms. The molecular formula is C46H78N2O34. The predicted molar refractivity (Wildman–Crippen MR) is 252 cm³/mol. The summed E-state index contributed by atoms with van der Waals surface area (Å²) in [5.74, 6) is -1.80. The number of carbonyl (C=O) groups is 2. The quantitative estimate of drug-likeness (QED) is 0.0571. The molecule has 7 rings (SSSR count). The molecule has 0 aromatic carbocycles. The Labute approximate surface area is 465 Å². The van der Waals surface area contributed by atoms with Crippen LogP contribution >= 0.6 is 0 Å². The largest absolute Gasteiger partial charge is 0.394 e. The van der Waals surface area contributed by atoms with E-state index in [9.17, 15) is 107 Å². The molecule has 2 amide bonds. The van der Waals surface area contributed by atoms with E-state index in [-0.39, 0.29) is 0 Å². The number of ether oxygens (including phenoxy) is 13. The lowest BCUT2D eigenvalue weighted by atomic mass is 9.93. The number of hydrogen-bond acceptors (Lipinski definition) is 34. The number of hydrogen-bond donors (Lipinski definition) is 21. The highest BCUT2D eigenvalue weighted by Crippen LogP contribution is 2.39. The third-order valence-corrected chi connectivity index (χ3v) is 15.3. The molecule has 82 heavy (non-hydrogen) atoms. The van der Waals surface area contributed by atoms with Gasteiger partial charge in [0.05, 0.1) is 45.2 Å². The van der Waals surface area contributed by atoms with Gasteiger partial charge < -0.3 is 169 Å². The summed E-state index contributed by atoms with van der Waals surface area (Å²) in [5, 5.41) is 211. The first kappa shape index (κ1) is 67.2. The molecule has 7 aliphatic rings. The summed E-state index contributed by atoms with van der Waals surface area (Å²) < 4.78 is 76.8. The van der Waals surface area contributed by atoms with E-state index >= 15 is 0 Å². The van der Waals surface area contributed by atoms with Crippen LogP contribution in [0.5, 0.6) is 0 Å². The van der Waals surface area contributed by atoms with Gasteiger partial charge in [0.15, 0.2) is 44.0 Å². The van der Waals surface area contributed by atoms with Crippen LogP contribution in [0, 0.1) is 0 Å². The predicted octanol–water partition coefficient (Wildman–Crippen LogP) is -13.9. The van der Waals surface area contributed by atoms with E-state index in [2.05, 4.69) is 10.6 Å². The molecule has 476 valence electrons. The highest BCUT2D eigenvalue weighted by atomic mass is 16.8. The van der Waals surface area contributed by atoms with Crippen molar-refractivity contribution in [3.05, 3.63) is 0 Å². The molecule has 35 atom stereocenters. The van der Waals surface area contributed by atoms with Crippen LogP contribution in [0.1, 0.15) is 27.7 Å². The average Bonchev–Trinajstić information content (AvgIpc) is 3.27. The average molecular weight is 1200 g/mol. The van der Waals surface area contributed by atoms with E-state index in [0.717, 1.165) is 13.8 Å².